The number of aryl methyl sites for hydroxylation is 1. The fourth-order valence-electron chi connectivity index (χ4n) is 3.51. The van der Waals surface area contributed by atoms with E-state index in [0.29, 0.717) is 5.56 Å². The average Bonchev–Trinajstić information content (AvgIpc) is 3.11. The van der Waals surface area contributed by atoms with Crippen molar-refractivity contribution in [1.82, 2.24) is 9.13 Å². The Morgan fingerprint density at radius 2 is 2.03 bits per heavy atom. The van der Waals surface area contributed by atoms with E-state index in [1.165, 1.54) is 23.8 Å². The molecule has 3 aromatic rings. The number of nitrogens with two attached hydrogens (primary N) is 1. The zero-order chi connectivity index (χ0) is 23.6. The van der Waals surface area contributed by atoms with Crippen LogP contribution in [0.4, 0.5) is 4.39 Å². The summed E-state index contributed by atoms with van der Waals surface area (Å²) in [5.74, 6) is -0.947. The van der Waals surface area contributed by atoms with E-state index in [9.17, 15) is 23.9 Å². The van der Waals surface area contributed by atoms with Crippen LogP contribution < -0.4 is 21.7 Å². The predicted octanol–water partition coefficient (Wildman–Crippen LogP) is 1.55. The van der Waals surface area contributed by atoms with Crippen molar-refractivity contribution in [2.24, 2.45) is 5.73 Å². The van der Waals surface area contributed by atoms with Crippen LogP contribution in [0.2, 0.25) is 0 Å². The third-order valence-corrected chi connectivity index (χ3v) is 6.31. The number of nitrogens with zero attached hydrogens (tertiary/aromatic N) is 2. The summed E-state index contributed by atoms with van der Waals surface area (Å²) in [6.07, 6.45) is -1.33. The third kappa shape index (κ3) is 4.18. The van der Waals surface area contributed by atoms with Gasteiger partial charge in [0, 0.05) is 18.7 Å². The molecule has 0 bridgehead atoms. The fraction of sp³-hybridized carbons (Fsp3) is 0.381. The van der Waals surface area contributed by atoms with Gasteiger partial charge in [-0.1, -0.05) is 0 Å². The number of aliphatic hydroxyl groups is 1. The Morgan fingerprint density at radius 3 is 2.66 bits per heavy atom. The van der Waals surface area contributed by atoms with E-state index < -0.39 is 29.1 Å². The van der Waals surface area contributed by atoms with Crippen molar-refractivity contribution in [3.05, 3.63) is 60.9 Å². The Labute approximate surface area is 186 Å². The summed E-state index contributed by atoms with van der Waals surface area (Å²) >= 11 is 0.931. The van der Waals surface area contributed by atoms with Gasteiger partial charge in [-0.05, 0) is 37.6 Å². The highest BCUT2D eigenvalue weighted by atomic mass is 32.1. The number of carbonyl (C=O) groups excluding carboxylic acids is 1. The molecule has 0 aliphatic heterocycles. The molecular formula is C21H24FN3O6S. The number of esters is 1. The quantitative estimate of drug-likeness (QED) is 0.484. The van der Waals surface area contributed by atoms with Crippen molar-refractivity contribution >= 4 is 27.5 Å². The lowest BCUT2D eigenvalue weighted by atomic mass is 10.1. The van der Waals surface area contributed by atoms with Gasteiger partial charge in [0.15, 0.2) is 0 Å². The minimum atomic E-state index is -1.33. The fourth-order valence-corrected chi connectivity index (χ4v) is 4.71. The molecule has 0 spiro atoms. The number of benzene rings is 1. The summed E-state index contributed by atoms with van der Waals surface area (Å²) in [4.78, 5) is 38.9. The van der Waals surface area contributed by atoms with Crippen LogP contribution in [-0.2, 0) is 17.8 Å². The third-order valence-electron chi connectivity index (χ3n) is 5.01. The molecule has 3 rings (SSSR count). The summed E-state index contributed by atoms with van der Waals surface area (Å²) in [5, 5.41) is 11.0. The number of aromatic nitrogens is 2. The number of fused-ring (bicyclic) bond motifs is 1. The van der Waals surface area contributed by atoms with Gasteiger partial charge >= 0.3 is 11.7 Å². The number of halogens is 1. The molecule has 0 saturated carbocycles. The van der Waals surface area contributed by atoms with Crippen LogP contribution in [0.15, 0.2) is 27.8 Å². The van der Waals surface area contributed by atoms with Gasteiger partial charge in [-0.15, -0.1) is 11.3 Å². The second-order valence-corrected chi connectivity index (χ2v) is 8.00. The normalized spacial score (nSPS) is 12.2. The maximum atomic E-state index is 13.8. The number of hydrogen-bond donors (Lipinski definition) is 2. The predicted molar refractivity (Wildman–Crippen MR) is 118 cm³/mol. The minimum Gasteiger partial charge on any atom is -0.496 e. The highest BCUT2D eigenvalue weighted by Crippen LogP contribution is 2.31. The SMILES string of the molecule is CCOC(=O)c1sc2c(c1C)c(=O)n(CCN)c(=O)n2CC(O)c1cc(F)ccc1OC. The van der Waals surface area contributed by atoms with Gasteiger partial charge in [-0.3, -0.25) is 13.9 Å². The molecule has 32 heavy (non-hydrogen) atoms. The van der Waals surface area contributed by atoms with Crippen molar-refractivity contribution in [3.63, 3.8) is 0 Å². The number of rotatable bonds is 8. The second kappa shape index (κ2) is 9.63. The lowest BCUT2D eigenvalue weighted by molar-refractivity contribution is 0.0531. The molecule has 0 aliphatic carbocycles. The molecule has 0 fully saturated rings. The van der Waals surface area contributed by atoms with E-state index in [1.807, 2.05) is 0 Å². The molecule has 2 aromatic heterocycles. The Morgan fingerprint density at radius 1 is 1.31 bits per heavy atom. The molecule has 3 N–H and O–H groups in total. The van der Waals surface area contributed by atoms with Crippen LogP contribution in [0.25, 0.3) is 10.2 Å². The molecule has 1 atom stereocenters. The number of thiophene rings is 1. The van der Waals surface area contributed by atoms with Gasteiger partial charge < -0.3 is 20.3 Å². The summed E-state index contributed by atoms with van der Waals surface area (Å²) in [6, 6.07) is 3.68. The molecule has 2 heterocycles. The molecule has 0 aliphatic rings. The van der Waals surface area contributed by atoms with E-state index in [-0.39, 0.29) is 52.6 Å². The molecule has 0 saturated heterocycles. The van der Waals surface area contributed by atoms with Crippen molar-refractivity contribution in [2.75, 3.05) is 20.3 Å². The van der Waals surface area contributed by atoms with E-state index in [4.69, 9.17) is 15.2 Å². The van der Waals surface area contributed by atoms with Crippen molar-refractivity contribution in [3.8, 4) is 5.75 Å². The van der Waals surface area contributed by atoms with Gasteiger partial charge in [-0.25, -0.2) is 14.0 Å². The van der Waals surface area contributed by atoms with Gasteiger partial charge in [0.05, 0.1) is 25.6 Å². The van der Waals surface area contributed by atoms with E-state index in [1.54, 1.807) is 13.8 Å². The molecule has 0 radical (unpaired) electrons. The first-order valence-corrected chi connectivity index (χ1v) is 10.7. The monoisotopic (exact) mass is 465 g/mol. The summed E-state index contributed by atoms with van der Waals surface area (Å²) in [5.41, 5.74) is 4.83. The van der Waals surface area contributed by atoms with Crippen molar-refractivity contribution in [2.45, 2.75) is 33.0 Å². The largest absolute Gasteiger partial charge is 0.496 e. The Bertz CT molecular complexity index is 1280. The van der Waals surface area contributed by atoms with Crippen molar-refractivity contribution < 1.29 is 23.8 Å². The van der Waals surface area contributed by atoms with Crippen LogP contribution in [0, 0.1) is 12.7 Å². The molecular weight excluding hydrogens is 441 g/mol. The van der Waals surface area contributed by atoms with Gasteiger partial charge in [0.2, 0.25) is 0 Å². The summed E-state index contributed by atoms with van der Waals surface area (Å²) in [6.45, 7) is 3.09. The topological polar surface area (TPSA) is 126 Å². The van der Waals surface area contributed by atoms with Crippen molar-refractivity contribution in [1.29, 1.82) is 0 Å². The van der Waals surface area contributed by atoms with E-state index in [2.05, 4.69) is 0 Å². The smallest absolute Gasteiger partial charge is 0.348 e. The number of methoxy groups -OCH3 is 1. The average molecular weight is 466 g/mol. The maximum Gasteiger partial charge on any atom is 0.348 e. The van der Waals surface area contributed by atoms with Gasteiger partial charge in [0.1, 0.15) is 27.4 Å². The second-order valence-electron chi connectivity index (χ2n) is 7.00. The summed E-state index contributed by atoms with van der Waals surface area (Å²) < 4.78 is 26.2. The first-order chi connectivity index (χ1) is 15.2. The zero-order valence-electron chi connectivity index (χ0n) is 17.9. The van der Waals surface area contributed by atoms with E-state index >= 15 is 0 Å². The van der Waals surface area contributed by atoms with Crippen LogP contribution in [0.3, 0.4) is 0 Å². The van der Waals surface area contributed by atoms with Crippen LogP contribution >= 0.6 is 11.3 Å². The van der Waals surface area contributed by atoms with Crippen LogP contribution in [-0.4, -0.2) is 40.5 Å². The van der Waals surface area contributed by atoms with Gasteiger partial charge in [0.25, 0.3) is 5.56 Å². The molecule has 9 nitrogen and oxygen atoms in total. The number of carbonyl (C=O) groups is 1. The number of aliphatic hydroxyl groups excluding tert-OH is 1. The standard InChI is InChI=1S/C21H24FN3O6S/c1-4-31-20(28)17-11(2)16-18(27)24(8-7-23)21(29)25(19(16)32-17)10-14(26)13-9-12(22)5-6-15(13)30-3/h5-6,9,14,26H,4,7-8,10,23H2,1-3H3. The zero-order valence-corrected chi connectivity index (χ0v) is 18.7. The van der Waals surface area contributed by atoms with E-state index in [0.717, 1.165) is 22.0 Å². The van der Waals surface area contributed by atoms with Gasteiger partial charge in [-0.2, -0.15) is 0 Å². The molecule has 172 valence electrons. The lowest BCUT2D eigenvalue weighted by Crippen LogP contribution is -2.42. The maximum absolute atomic E-state index is 13.8. The molecule has 1 aromatic carbocycles. The molecule has 1 unspecified atom stereocenters. The highest BCUT2D eigenvalue weighted by molar-refractivity contribution is 7.20. The Kier molecular flexibility index (Phi) is 7.12. The Balaban J connectivity index is 2.24. The number of ether oxygens (including phenoxy) is 2. The first-order valence-electron chi connectivity index (χ1n) is 9.90. The van der Waals surface area contributed by atoms with Crippen LogP contribution in [0.5, 0.6) is 5.75 Å². The summed E-state index contributed by atoms with van der Waals surface area (Å²) in [7, 11) is 1.38. The highest BCUT2D eigenvalue weighted by Gasteiger charge is 2.25. The molecule has 11 heteroatoms. The minimum absolute atomic E-state index is 0.0366. The van der Waals surface area contributed by atoms with Crippen LogP contribution in [0.1, 0.15) is 33.8 Å². The first kappa shape index (κ1) is 23.6. The lowest BCUT2D eigenvalue weighted by Gasteiger charge is -2.18. The molecule has 0 amide bonds. The number of hydrogen-bond acceptors (Lipinski definition) is 8. The Hall–Kier alpha value is -3.02.